The molecule has 2 aromatic rings. The molecule has 25 heavy (non-hydrogen) atoms. The van der Waals surface area contributed by atoms with Crippen LogP contribution in [0, 0.1) is 5.82 Å². The molecule has 2 rings (SSSR count). The summed E-state index contributed by atoms with van der Waals surface area (Å²) in [7, 11) is 1.86. The van der Waals surface area contributed by atoms with Crippen LogP contribution in [0.1, 0.15) is 5.56 Å². The quantitative estimate of drug-likeness (QED) is 0.751. The van der Waals surface area contributed by atoms with Gasteiger partial charge in [0.25, 0.3) is 0 Å². The van der Waals surface area contributed by atoms with Gasteiger partial charge < -0.3 is 14.2 Å². The summed E-state index contributed by atoms with van der Waals surface area (Å²) in [4.78, 5) is -0.157. The second kappa shape index (κ2) is 7.71. The molecule has 0 aromatic heterocycles. The number of nitrogens with zero attached hydrogens (tertiary/aromatic N) is 1. The van der Waals surface area contributed by atoms with Gasteiger partial charge in [-0.25, -0.2) is 12.8 Å². The van der Waals surface area contributed by atoms with E-state index in [1.165, 1.54) is 40.5 Å². The van der Waals surface area contributed by atoms with Gasteiger partial charge in [-0.15, -0.1) is 0 Å². The Kier molecular flexibility index (Phi) is 5.86. The van der Waals surface area contributed by atoms with E-state index < -0.39 is 15.8 Å². The van der Waals surface area contributed by atoms with Crippen molar-refractivity contribution in [2.75, 3.05) is 28.4 Å². The molecule has 0 unspecified atom stereocenters. The Hall–Kier alpha value is -2.32. The van der Waals surface area contributed by atoms with Crippen molar-refractivity contribution < 1.29 is 27.0 Å². The number of rotatable bonds is 7. The van der Waals surface area contributed by atoms with Crippen LogP contribution in [0.5, 0.6) is 17.2 Å². The van der Waals surface area contributed by atoms with Crippen molar-refractivity contribution in [2.45, 2.75) is 11.4 Å². The fourth-order valence-corrected chi connectivity index (χ4v) is 3.48. The van der Waals surface area contributed by atoms with Crippen LogP contribution in [-0.2, 0) is 16.6 Å². The van der Waals surface area contributed by atoms with Gasteiger partial charge in [0.2, 0.25) is 10.0 Å². The van der Waals surface area contributed by atoms with Crippen molar-refractivity contribution in [3.8, 4) is 17.2 Å². The summed E-state index contributed by atoms with van der Waals surface area (Å²) in [6, 6.07) is 8.63. The molecule has 0 radical (unpaired) electrons. The van der Waals surface area contributed by atoms with Gasteiger partial charge in [0, 0.05) is 19.2 Å². The van der Waals surface area contributed by atoms with Crippen molar-refractivity contribution in [3.63, 3.8) is 0 Å². The molecule has 0 aliphatic carbocycles. The van der Waals surface area contributed by atoms with E-state index in [-0.39, 0.29) is 17.2 Å². The first-order valence-electron chi connectivity index (χ1n) is 7.34. The van der Waals surface area contributed by atoms with Gasteiger partial charge in [-0.3, -0.25) is 0 Å². The lowest BCUT2D eigenvalue weighted by molar-refractivity contribution is 0.384. The molecule has 8 heteroatoms. The first-order chi connectivity index (χ1) is 11.8. The minimum absolute atomic E-state index is 0.0175. The topological polar surface area (TPSA) is 65.1 Å². The van der Waals surface area contributed by atoms with E-state index in [4.69, 9.17) is 14.2 Å². The molecule has 0 bridgehead atoms. The lowest BCUT2D eigenvalue weighted by atomic mass is 10.2. The van der Waals surface area contributed by atoms with Gasteiger partial charge in [-0.1, -0.05) is 0 Å². The highest BCUT2D eigenvalue weighted by Crippen LogP contribution is 2.28. The number of benzene rings is 2. The minimum Gasteiger partial charge on any atom is -0.497 e. The molecule has 0 N–H and O–H groups in total. The highest BCUT2D eigenvalue weighted by molar-refractivity contribution is 7.89. The zero-order chi connectivity index (χ0) is 18.6. The summed E-state index contributed by atoms with van der Waals surface area (Å²) >= 11 is 0. The number of sulfonamides is 1. The molecule has 0 atom stereocenters. The second-order valence-electron chi connectivity index (χ2n) is 5.24. The van der Waals surface area contributed by atoms with Crippen LogP contribution in [0.25, 0.3) is 0 Å². The first kappa shape index (κ1) is 19.0. The lowest BCUT2D eigenvalue weighted by Gasteiger charge is -2.19. The highest BCUT2D eigenvalue weighted by Gasteiger charge is 2.23. The van der Waals surface area contributed by atoms with Crippen LogP contribution in [0.4, 0.5) is 4.39 Å². The van der Waals surface area contributed by atoms with E-state index in [0.717, 1.165) is 10.4 Å². The van der Waals surface area contributed by atoms with Crippen molar-refractivity contribution in [1.82, 2.24) is 4.31 Å². The number of hydrogen-bond donors (Lipinski definition) is 0. The maximum Gasteiger partial charge on any atom is 0.243 e. The number of hydrogen-bond acceptors (Lipinski definition) is 5. The molecule has 0 aliphatic heterocycles. The Labute approximate surface area is 146 Å². The maximum atomic E-state index is 13.8. The smallest absolute Gasteiger partial charge is 0.243 e. The van der Waals surface area contributed by atoms with Gasteiger partial charge >= 0.3 is 0 Å². The Morgan fingerprint density at radius 3 is 2.16 bits per heavy atom. The average molecular weight is 369 g/mol. The summed E-state index contributed by atoms with van der Waals surface area (Å²) in [5.74, 6) is 0.354. The van der Waals surface area contributed by atoms with Gasteiger partial charge in [0.15, 0.2) is 11.6 Å². The summed E-state index contributed by atoms with van der Waals surface area (Å²) in [5, 5.41) is 0. The van der Waals surface area contributed by atoms with E-state index in [9.17, 15) is 12.8 Å². The normalized spacial score (nSPS) is 11.4. The third-order valence-corrected chi connectivity index (χ3v) is 5.51. The molecule has 136 valence electrons. The minimum atomic E-state index is -3.89. The third kappa shape index (κ3) is 4.02. The van der Waals surface area contributed by atoms with Crippen LogP contribution in [0.3, 0.4) is 0 Å². The zero-order valence-corrected chi connectivity index (χ0v) is 15.3. The molecule has 0 aliphatic rings. The Morgan fingerprint density at radius 2 is 1.60 bits per heavy atom. The van der Waals surface area contributed by atoms with Gasteiger partial charge in [0.1, 0.15) is 11.5 Å². The Balaban J connectivity index is 2.33. The van der Waals surface area contributed by atoms with Crippen molar-refractivity contribution in [3.05, 3.63) is 47.8 Å². The Bertz CT molecular complexity index is 854. The molecule has 6 nitrogen and oxygen atoms in total. The summed E-state index contributed by atoms with van der Waals surface area (Å²) in [6.07, 6.45) is 0. The standard InChI is InChI=1S/C17H20FNO5S/c1-19(11-12-9-13(22-2)5-7-16(12)23-3)25(20,21)14-6-8-17(24-4)15(18)10-14/h5-10H,11H2,1-4H3. The first-order valence-corrected chi connectivity index (χ1v) is 8.78. The van der Waals surface area contributed by atoms with Crippen LogP contribution in [0.15, 0.2) is 41.3 Å². The Morgan fingerprint density at radius 1 is 0.960 bits per heavy atom. The number of halogens is 1. The van der Waals surface area contributed by atoms with Crippen LogP contribution in [0.2, 0.25) is 0 Å². The van der Waals surface area contributed by atoms with E-state index in [0.29, 0.717) is 17.1 Å². The second-order valence-corrected chi connectivity index (χ2v) is 7.28. The fourth-order valence-electron chi connectivity index (χ4n) is 2.32. The molecule has 0 fully saturated rings. The number of methoxy groups -OCH3 is 3. The highest BCUT2D eigenvalue weighted by atomic mass is 32.2. The van der Waals surface area contributed by atoms with Crippen LogP contribution < -0.4 is 14.2 Å². The van der Waals surface area contributed by atoms with Crippen molar-refractivity contribution in [1.29, 1.82) is 0 Å². The summed E-state index contributed by atoms with van der Waals surface area (Å²) < 4.78 is 55.6. The molecular weight excluding hydrogens is 349 g/mol. The van der Waals surface area contributed by atoms with Gasteiger partial charge in [-0.2, -0.15) is 4.31 Å². The third-order valence-electron chi connectivity index (χ3n) is 3.71. The van der Waals surface area contributed by atoms with E-state index >= 15 is 0 Å². The predicted molar refractivity (Wildman–Crippen MR) is 91.2 cm³/mol. The number of ether oxygens (including phenoxy) is 3. The monoisotopic (exact) mass is 369 g/mol. The molecule has 2 aromatic carbocycles. The van der Waals surface area contributed by atoms with Crippen molar-refractivity contribution >= 4 is 10.0 Å². The SMILES string of the molecule is COc1ccc(OC)c(CN(C)S(=O)(=O)c2ccc(OC)c(F)c2)c1. The van der Waals surface area contributed by atoms with Crippen molar-refractivity contribution in [2.24, 2.45) is 0 Å². The molecule has 0 saturated heterocycles. The molecule has 0 heterocycles. The zero-order valence-electron chi connectivity index (χ0n) is 14.4. The maximum absolute atomic E-state index is 13.8. The summed E-state index contributed by atoms with van der Waals surface area (Å²) in [6.45, 7) is 0.0381. The van der Waals surface area contributed by atoms with Gasteiger partial charge in [-0.05, 0) is 36.4 Å². The largest absolute Gasteiger partial charge is 0.497 e. The van der Waals surface area contributed by atoms with E-state index in [2.05, 4.69) is 0 Å². The van der Waals surface area contributed by atoms with Gasteiger partial charge in [0.05, 0.1) is 26.2 Å². The molecule has 0 spiro atoms. The van der Waals surface area contributed by atoms with Crippen LogP contribution in [-0.4, -0.2) is 41.1 Å². The van der Waals surface area contributed by atoms with E-state index in [1.54, 1.807) is 18.2 Å². The average Bonchev–Trinajstić information content (AvgIpc) is 2.61. The summed E-state index contributed by atoms with van der Waals surface area (Å²) in [5.41, 5.74) is 0.627. The van der Waals surface area contributed by atoms with E-state index in [1.807, 2.05) is 0 Å². The molecular formula is C17H20FNO5S. The predicted octanol–water partition coefficient (Wildman–Crippen LogP) is 2.67. The van der Waals surface area contributed by atoms with Crippen LogP contribution >= 0.6 is 0 Å². The molecule has 0 saturated carbocycles. The molecule has 0 amide bonds. The fraction of sp³-hybridized carbons (Fsp3) is 0.294. The lowest BCUT2D eigenvalue weighted by Crippen LogP contribution is -2.26.